The predicted octanol–water partition coefficient (Wildman–Crippen LogP) is 4.48. The van der Waals surface area contributed by atoms with Crippen LogP contribution in [0.5, 0.6) is 5.75 Å². The molecule has 3 atom stereocenters. The van der Waals surface area contributed by atoms with Gasteiger partial charge in [-0.05, 0) is 50.3 Å². The lowest BCUT2D eigenvalue weighted by Crippen LogP contribution is -2.39. The van der Waals surface area contributed by atoms with Crippen LogP contribution in [-0.2, 0) is 11.0 Å². The summed E-state index contributed by atoms with van der Waals surface area (Å²) in [6.07, 6.45) is -2.41. The quantitative estimate of drug-likeness (QED) is 0.388. The average molecular weight is 534 g/mol. The van der Waals surface area contributed by atoms with Gasteiger partial charge >= 0.3 is 6.18 Å². The van der Waals surface area contributed by atoms with Crippen molar-refractivity contribution >= 4 is 22.8 Å². The summed E-state index contributed by atoms with van der Waals surface area (Å²) in [4.78, 5) is 36.1. The number of aryl methyl sites for hydroxylation is 1. The van der Waals surface area contributed by atoms with Gasteiger partial charge in [-0.3, -0.25) is 9.59 Å². The molecule has 5 rings (SSSR count). The number of hydrogen-bond donors (Lipinski definition) is 3. The summed E-state index contributed by atoms with van der Waals surface area (Å²) in [7, 11) is 0. The zero-order chi connectivity index (χ0) is 27.2. The Balaban J connectivity index is 1.49. The van der Waals surface area contributed by atoms with Gasteiger partial charge in [0.25, 0.3) is 5.91 Å². The van der Waals surface area contributed by atoms with Gasteiger partial charge in [0.05, 0.1) is 29.3 Å². The van der Waals surface area contributed by atoms with Crippen LogP contribution in [-0.4, -0.2) is 51.6 Å². The van der Waals surface area contributed by atoms with E-state index in [-0.39, 0.29) is 58.4 Å². The Bertz CT molecular complexity index is 1390. The highest BCUT2D eigenvalue weighted by molar-refractivity contribution is 6.09. The maximum atomic E-state index is 14.6. The fraction of sp³-hybridized carbons (Fsp3) is 0.462. The third-order valence-corrected chi connectivity index (χ3v) is 6.94. The van der Waals surface area contributed by atoms with E-state index >= 15 is 0 Å². The molecule has 0 aliphatic heterocycles. The summed E-state index contributed by atoms with van der Waals surface area (Å²) in [5.41, 5.74) is 0.434. The number of amides is 2. The highest BCUT2D eigenvalue weighted by Crippen LogP contribution is 2.40. The molecule has 12 heteroatoms. The summed E-state index contributed by atoms with van der Waals surface area (Å²) in [6, 6.07) is 2.03. The lowest BCUT2D eigenvalue weighted by molar-refractivity contribution is -0.137. The number of carbonyl (C=O) groups excluding carboxylic acids is 2. The number of nitrogens with one attached hydrogen (secondary N) is 3. The van der Waals surface area contributed by atoms with E-state index in [2.05, 4.69) is 25.6 Å². The van der Waals surface area contributed by atoms with Crippen molar-refractivity contribution in [3.63, 3.8) is 0 Å². The molecule has 2 aliphatic carbocycles. The summed E-state index contributed by atoms with van der Waals surface area (Å²) in [5.74, 6) is -0.234. The molecule has 1 aromatic carbocycles. The van der Waals surface area contributed by atoms with E-state index < -0.39 is 29.9 Å². The molecule has 0 unspecified atom stereocenters. The number of H-pyrrole nitrogens is 1. The molecule has 38 heavy (non-hydrogen) atoms. The Kier molecular flexibility index (Phi) is 6.74. The zero-order valence-electron chi connectivity index (χ0n) is 20.8. The van der Waals surface area contributed by atoms with Crippen molar-refractivity contribution in [3.05, 3.63) is 41.3 Å². The highest BCUT2D eigenvalue weighted by atomic mass is 19.4. The van der Waals surface area contributed by atoms with Crippen LogP contribution in [0.1, 0.15) is 54.2 Å². The molecular weight excluding hydrogens is 506 g/mol. The Morgan fingerprint density at radius 2 is 1.92 bits per heavy atom. The van der Waals surface area contributed by atoms with Crippen LogP contribution >= 0.6 is 0 Å². The molecule has 0 saturated heterocycles. The van der Waals surface area contributed by atoms with Crippen LogP contribution in [0.4, 0.5) is 17.6 Å². The maximum Gasteiger partial charge on any atom is 0.416 e. The molecule has 2 aromatic heterocycles. The van der Waals surface area contributed by atoms with E-state index in [9.17, 15) is 27.2 Å². The highest BCUT2D eigenvalue weighted by Gasteiger charge is 2.37. The van der Waals surface area contributed by atoms with Crippen molar-refractivity contribution in [2.75, 3.05) is 6.61 Å². The maximum absolute atomic E-state index is 14.6. The van der Waals surface area contributed by atoms with Gasteiger partial charge < -0.3 is 20.4 Å². The number of ether oxygens (including phenoxy) is 1. The number of aromatic nitrogens is 3. The smallest absolute Gasteiger partial charge is 0.416 e. The standard InChI is InChI=1S/C26H27F4N5O3/c1-12-21(25(37)35-19-9-16(8-18(19)27)34-13(2)36)23-24(33-12)22(31-11-32-23)17-7-15(26(28,29)30)5-6-20(17)38-10-14-3-4-14/h5-7,11,14,16,18-19,33H,3-4,8-10H2,1-2H3,(H,34,36)(H,35,37)/t16-,18-,19-/m1/s1. The van der Waals surface area contributed by atoms with E-state index in [1.54, 1.807) is 6.92 Å². The Morgan fingerprint density at radius 1 is 1.16 bits per heavy atom. The number of carbonyl (C=O) groups is 2. The Morgan fingerprint density at radius 3 is 2.61 bits per heavy atom. The van der Waals surface area contributed by atoms with Crippen LogP contribution in [0.2, 0.25) is 0 Å². The van der Waals surface area contributed by atoms with Crippen molar-refractivity contribution in [1.82, 2.24) is 25.6 Å². The molecule has 3 N–H and O–H groups in total. The van der Waals surface area contributed by atoms with Crippen molar-refractivity contribution < 1.29 is 31.9 Å². The van der Waals surface area contributed by atoms with E-state index in [1.807, 2.05) is 0 Å². The van der Waals surface area contributed by atoms with Gasteiger partial charge in [-0.2, -0.15) is 13.2 Å². The number of rotatable bonds is 7. The van der Waals surface area contributed by atoms with Crippen LogP contribution < -0.4 is 15.4 Å². The molecule has 3 aromatic rings. The molecule has 0 spiro atoms. The number of aromatic amines is 1. The second-order valence-electron chi connectivity index (χ2n) is 10.00. The topological polar surface area (TPSA) is 109 Å². The Labute approximate surface area is 215 Å². The van der Waals surface area contributed by atoms with E-state index in [0.717, 1.165) is 25.0 Å². The fourth-order valence-corrected chi connectivity index (χ4v) is 4.89. The van der Waals surface area contributed by atoms with Gasteiger partial charge in [-0.25, -0.2) is 14.4 Å². The summed E-state index contributed by atoms with van der Waals surface area (Å²) < 4.78 is 61.1. The van der Waals surface area contributed by atoms with Crippen LogP contribution in [0.15, 0.2) is 24.5 Å². The zero-order valence-corrected chi connectivity index (χ0v) is 20.8. The predicted molar refractivity (Wildman–Crippen MR) is 130 cm³/mol. The molecule has 2 heterocycles. The van der Waals surface area contributed by atoms with Gasteiger partial charge in [0.15, 0.2) is 0 Å². The number of halogens is 4. The lowest BCUT2D eigenvalue weighted by atomic mass is 10.0. The molecule has 2 fully saturated rings. The summed E-state index contributed by atoms with van der Waals surface area (Å²) in [5, 5.41) is 5.36. The minimum Gasteiger partial charge on any atom is -0.493 e. The molecule has 2 saturated carbocycles. The SMILES string of the molecule is CC(=O)N[C@@H]1C[C@@H](F)[C@H](NC(=O)c2c(C)[nH]c3c(-c4cc(C(F)(F)F)ccc4OCC4CC4)ncnc23)C1. The third-order valence-electron chi connectivity index (χ3n) is 6.94. The van der Waals surface area contributed by atoms with Crippen LogP contribution in [0.25, 0.3) is 22.3 Å². The minimum absolute atomic E-state index is 0.0862. The van der Waals surface area contributed by atoms with Crippen molar-refractivity contribution in [1.29, 1.82) is 0 Å². The third kappa shape index (κ3) is 5.30. The molecule has 8 nitrogen and oxygen atoms in total. The summed E-state index contributed by atoms with van der Waals surface area (Å²) >= 11 is 0. The van der Waals surface area contributed by atoms with Gasteiger partial charge in [-0.1, -0.05) is 0 Å². The number of hydrogen-bond acceptors (Lipinski definition) is 5. The lowest BCUT2D eigenvalue weighted by Gasteiger charge is -2.15. The summed E-state index contributed by atoms with van der Waals surface area (Å²) in [6.45, 7) is 3.35. The average Bonchev–Trinajstić information content (AvgIpc) is 3.52. The largest absolute Gasteiger partial charge is 0.493 e. The van der Waals surface area contributed by atoms with Crippen LogP contribution in [0.3, 0.4) is 0 Å². The van der Waals surface area contributed by atoms with Crippen molar-refractivity contribution in [3.8, 4) is 17.0 Å². The van der Waals surface area contributed by atoms with Gasteiger partial charge in [-0.15, -0.1) is 0 Å². The molecule has 0 radical (unpaired) electrons. The first-order chi connectivity index (χ1) is 18.0. The Hall–Kier alpha value is -3.70. The van der Waals surface area contributed by atoms with E-state index in [0.29, 0.717) is 18.2 Å². The molecule has 0 bridgehead atoms. The normalized spacial score (nSPS) is 21.5. The monoisotopic (exact) mass is 533 g/mol. The van der Waals surface area contributed by atoms with Crippen molar-refractivity contribution in [2.45, 2.75) is 64.0 Å². The van der Waals surface area contributed by atoms with Crippen molar-refractivity contribution in [2.24, 2.45) is 5.92 Å². The molecule has 2 amide bonds. The van der Waals surface area contributed by atoms with Gasteiger partial charge in [0.2, 0.25) is 5.91 Å². The number of fused-ring (bicyclic) bond motifs is 1. The molecule has 202 valence electrons. The first-order valence-electron chi connectivity index (χ1n) is 12.4. The van der Waals surface area contributed by atoms with Gasteiger partial charge in [0, 0.05) is 30.6 Å². The fourth-order valence-electron chi connectivity index (χ4n) is 4.89. The van der Waals surface area contributed by atoms with E-state index in [1.165, 1.54) is 19.3 Å². The van der Waals surface area contributed by atoms with Crippen LogP contribution in [0, 0.1) is 12.8 Å². The minimum atomic E-state index is -4.58. The number of alkyl halides is 4. The second-order valence-corrected chi connectivity index (χ2v) is 10.00. The molecular formula is C26H27F4N5O3. The number of benzene rings is 1. The first-order valence-corrected chi connectivity index (χ1v) is 12.4. The van der Waals surface area contributed by atoms with E-state index in [4.69, 9.17) is 4.74 Å². The van der Waals surface area contributed by atoms with Gasteiger partial charge in [0.1, 0.15) is 29.5 Å². The molecule has 2 aliphatic rings. The number of nitrogens with zero attached hydrogens (tertiary/aromatic N) is 2. The second kappa shape index (κ2) is 9.88. The first kappa shape index (κ1) is 25.9.